The predicted octanol–water partition coefficient (Wildman–Crippen LogP) is 3.52. The molecule has 24 heavy (non-hydrogen) atoms. The van der Waals surface area contributed by atoms with Crippen LogP contribution in [0.15, 0.2) is 40.3 Å². The van der Waals surface area contributed by atoms with Gasteiger partial charge in [-0.1, -0.05) is 48.8 Å². The van der Waals surface area contributed by atoms with Crippen molar-refractivity contribution in [3.63, 3.8) is 0 Å². The number of para-hydroxylation sites is 1. The number of carbonyl (C=O) groups is 1. The highest BCUT2D eigenvalue weighted by atomic mass is 35.5. The molecule has 1 amide bonds. The van der Waals surface area contributed by atoms with Crippen LogP contribution in [0.1, 0.15) is 31.5 Å². The number of amides is 1. The second kappa shape index (κ2) is 7.40. The third-order valence-electron chi connectivity index (χ3n) is 3.82. The van der Waals surface area contributed by atoms with Crippen molar-refractivity contribution in [2.45, 2.75) is 37.4 Å². The zero-order chi connectivity index (χ0) is 17.1. The van der Waals surface area contributed by atoms with Gasteiger partial charge in [-0.3, -0.25) is 14.2 Å². The monoisotopic (exact) mass is 363 g/mol. The number of nitrogens with one attached hydrogen (secondary N) is 1. The molecule has 3 rings (SSSR count). The molecule has 0 aliphatic carbocycles. The molecule has 1 aliphatic heterocycles. The average Bonchev–Trinajstić information content (AvgIpc) is 2.93. The van der Waals surface area contributed by atoms with Crippen molar-refractivity contribution in [3.8, 4) is 0 Å². The molecule has 0 radical (unpaired) electrons. The fourth-order valence-electron chi connectivity index (χ4n) is 2.71. The van der Waals surface area contributed by atoms with E-state index in [1.165, 1.54) is 11.8 Å². The van der Waals surface area contributed by atoms with Gasteiger partial charge in [-0.05, 0) is 18.6 Å². The molecule has 5 nitrogen and oxygen atoms in total. The van der Waals surface area contributed by atoms with Gasteiger partial charge in [0.15, 0.2) is 5.16 Å². The zero-order valence-corrected chi connectivity index (χ0v) is 14.9. The quantitative estimate of drug-likeness (QED) is 0.825. The number of halogens is 1. The average molecular weight is 364 g/mol. The largest absolute Gasteiger partial charge is 0.325 e. The van der Waals surface area contributed by atoms with Gasteiger partial charge >= 0.3 is 0 Å². The van der Waals surface area contributed by atoms with E-state index in [0.717, 1.165) is 18.5 Å². The molecular weight excluding hydrogens is 346 g/mol. The Labute approximate surface area is 149 Å². The normalized spacial score (nSPS) is 16.0. The number of benzene rings is 1. The van der Waals surface area contributed by atoms with E-state index in [-0.39, 0.29) is 23.9 Å². The topological polar surface area (TPSA) is 64.0 Å². The SMILES string of the molecule is CCCc1cc(=O)n2c(n1)SCC2CC(=O)Nc1ccccc1Cl. The van der Waals surface area contributed by atoms with E-state index in [1.807, 2.05) is 6.07 Å². The summed E-state index contributed by atoms with van der Waals surface area (Å²) in [6.07, 6.45) is 1.96. The molecule has 2 aromatic rings. The fraction of sp³-hybridized carbons (Fsp3) is 0.353. The molecule has 1 atom stereocenters. The first-order valence-corrected chi connectivity index (χ1v) is 9.24. The van der Waals surface area contributed by atoms with Gasteiger partial charge in [-0.15, -0.1) is 0 Å². The Morgan fingerprint density at radius 3 is 3.00 bits per heavy atom. The van der Waals surface area contributed by atoms with Crippen molar-refractivity contribution in [3.05, 3.63) is 51.4 Å². The van der Waals surface area contributed by atoms with Crippen LogP contribution in [-0.2, 0) is 11.2 Å². The van der Waals surface area contributed by atoms with E-state index < -0.39 is 0 Å². The van der Waals surface area contributed by atoms with Gasteiger partial charge in [0, 0.05) is 23.9 Å². The van der Waals surface area contributed by atoms with Crippen LogP contribution >= 0.6 is 23.4 Å². The number of anilines is 1. The number of nitrogens with zero attached hydrogens (tertiary/aromatic N) is 2. The van der Waals surface area contributed by atoms with Gasteiger partial charge < -0.3 is 5.32 Å². The first-order valence-electron chi connectivity index (χ1n) is 7.88. The van der Waals surface area contributed by atoms with Crippen LogP contribution < -0.4 is 10.9 Å². The Morgan fingerprint density at radius 2 is 2.25 bits per heavy atom. The minimum atomic E-state index is -0.178. The van der Waals surface area contributed by atoms with E-state index in [9.17, 15) is 9.59 Å². The second-order valence-corrected chi connectivity index (χ2v) is 7.08. The van der Waals surface area contributed by atoms with Crippen molar-refractivity contribution >= 4 is 35.0 Å². The number of hydrogen-bond donors (Lipinski definition) is 1. The summed E-state index contributed by atoms with van der Waals surface area (Å²) >= 11 is 7.58. The van der Waals surface area contributed by atoms with Gasteiger partial charge in [0.05, 0.1) is 16.8 Å². The maximum Gasteiger partial charge on any atom is 0.254 e. The summed E-state index contributed by atoms with van der Waals surface area (Å²) in [4.78, 5) is 29.2. The molecule has 0 bridgehead atoms. The predicted molar refractivity (Wildman–Crippen MR) is 97.0 cm³/mol. The van der Waals surface area contributed by atoms with Gasteiger partial charge in [0.25, 0.3) is 5.56 Å². The third-order valence-corrected chi connectivity index (χ3v) is 5.25. The van der Waals surface area contributed by atoms with Crippen LogP contribution in [0.4, 0.5) is 5.69 Å². The highest BCUT2D eigenvalue weighted by Gasteiger charge is 2.27. The Morgan fingerprint density at radius 1 is 1.46 bits per heavy atom. The van der Waals surface area contributed by atoms with Crippen LogP contribution in [0.2, 0.25) is 5.02 Å². The van der Waals surface area contributed by atoms with Crippen molar-refractivity contribution < 1.29 is 4.79 Å². The minimum absolute atomic E-state index is 0.0796. The molecule has 0 spiro atoms. The smallest absolute Gasteiger partial charge is 0.254 e. The second-order valence-electron chi connectivity index (χ2n) is 5.69. The summed E-state index contributed by atoms with van der Waals surface area (Å²) < 4.78 is 1.63. The molecule has 0 saturated carbocycles. The molecular formula is C17H18ClN3O2S. The maximum absolute atomic E-state index is 12.4. The molecule has 0 fully saturated rings. The molecule has 0 saturated heterocycles. The Balaban J connectivity index is 1.74. The lowest BCUT2D eigenvalue weighted by Crippen LogP contribution is -2.27. The molecule has 1 aromatic heterocycles. The van der Waals surface area contributed by atoms with E-state index >= 15 is 0 Å². The number of aromatic nitrogens is 2. The lowest BCUT2D eigenvalue weighted by molar-refractivity contribution is -0.116. The van der Waals surface area contributed by atoms with E-state index in [0.29, 0.717) is 21.6 Å². The number of fused-ring (bicyclic) bond motifs is 1. The molecule has 7 heteroatoms. The van der Waals surface area contributed by atoms with Crippen LogP contribution in [-0.4, -0.2) is 21.2 Å². The summed E-state index contributed by atoms with van der Waals surface area (Å²) in [5, 5.41) is 4.01. The number of rotatable bonds is 5. The van der Waals surface area contributed by atoms with Crippen molar-refractivity contribution in [2.75, 3.05) is 11.1 Å². The Bertz CT molecular complexity index is 822. The number of aryl methyl sites for hydroxylation is 1. The maximum atomic E-state index is 12.4. The summed E-state index contributed by atoms with van der Waals surface area (Å²) in [6, 6.07) is 8.50. The summed E-state index contributed by atoms with van der Waals surface area (Å²) in [5.41, 5.74) is 1.32. The lowest BCUT2D eigenvalue weighted by atomic mass is 10.2. The van der Waals surface area contributed by atoms with Crippen LogP contribution in [0.25, 0.3) is 0 Å². The van der Waals surface area contributed by atoms with Gasteiger partial charge in [-0.25, -0.2) is 4.98 Å². The van der Waals surface area contributed by atoms with Gasteiger partial charge in [0.1, 0.15) is 0 Å². The van der Waals surface area contributed by atoms with E-state index in [2.05, 4.69) is 17.2 Å². The van der Waals surface area contributed by atoms with Gasteiger partial charge in [-0.2, -0.15) is 0 Å². The van der Waals surface area contributed by atoms with Crippen molar-refractivity contribution in [1.29, 1.82) is 0 Å². The summed E-state index contributed by atoms with van der Waals surface area (Å²) in [6.45, 7) is 2.06. The van der Waals surface area contributed by atoms with Gasteiger partial charge in [0.2, 0.25) is 5.91 Å². The minimum Gasteiger partial charge on any atom is -0.325 e. The molecule has 126 valence electrons. The van der Waals surface area contributed by atoms with E-state index in [1.54, 1.807) is 28.8 Å². The number of carbonyl (C=O) groups excluding carboxylic acids is 1. The molecule has 2 heterocycles. The standard InChI is InChI=1S/C17H18ClN3O2S/c1-2-5-11-8-16(23)21-12(10-24-17(21)19-11)9-15(22)20-14-7-4-3-6-13(14)18/h3-4,6-8,12H,2,5,9-10H2,1H3,(H,20,22). The molecule has 1 unspecified atom stereocenters. The third kappa shape index (κ3) is 3.65. The van der Waals surface area contributed by atoms with Crippen LogP contribution in [0.3, 0.4) is 0 Å². The van der Waals surface area contributed by atoms with E-state index in [4.69, 9.17) is 11.6 Å². The summed E-state index contributed by atoms with van der Waals surface area (Å²) in [7, 11) is 0. The highest BCUT2D eigenvalue weighted by Crippen LogP contribution is 2.32. The van der Waals surface area contributed by atoms with Crippen molar-refractivity contribution in [1.82, 2.24) is 9.55 Å². The molecule has 1 aliphatic rings. The van der Waals surface area contributed by atoms with Crippen molar-refractivity contribution in [2.24, 2.45) is 0 Å². The first kappa shape index (κ1) is 17.0. The lowest BCUT2D eigenvalue weighted by Gasteiger charge is -2.14. The zero-order valence-electron chi connectivity index (χ0n) is 13.3. The summed E-state index contributed by atoms with van der Waals surface area (Å²) in [5.74, 6) is 0.513. The molecule has 1 N–H and O–H groups in total. The number of thioether (sulfide) groups is 1. The number of hydrogen-bond acceptors (Lipinski definition) is 4. The Hall–Kier alpha value is -1.79. The highest BCUT2D eigenvalue weighted by molar-refractivity contribution is 7.99. The Kier molecular flexibility index (Phi) is 5.26. The van der Waals surface area contributed by atoms with Crippen LogP contribution in [0, 0.1) is 0 Å². The first-order chi connectivity index (χ1) is 11.6. The van der Waals surface area contributed by atoms with Crippen LogP contribution in [0.5, 0.6) is 0 Å². The molecule has 1 aromatic carbocycles. The fourth-order valence-corrected chi connectivity index (χ4v) is 4.06.